The summed E-state index contributed by atoms with van der Waals surface area (Å²) in [7, 11) is 1.72. The van der Waals surface area contributed by atoms with Crippen molar-refractivity contribution in [1.82, 2.24) is 25.1 Å². The molecule has 0 unspecified atom stereocenters. The van der Waals surface area contributed by atoms with Crippen LogP contribution in [-0.4, -0.2) is 43.3 Å². The van der Waals surface area contributed by atoms with Gasteiger partial charge < -0.3 is 4.90 Å². The lowest BCUT2D eigenvalue weighted by Crippen LogP contribution is -2.33. The quantitative estimate of drug-likeness (QED) is 0.758. The molecule has 1 aliphatic carbocycles. The van der Waals surface area contributed by atoms with Crippen LogP contribution in [0.15, 0.2) is 29.4 Å². The van der Waals surface area contributed by atoms with Gasteiger partial charge in [-0.1, -0.05) is 23.9 Å². The summed E-state index contributed by atoms with van der Waals surface area (Å²) in [6.45, 7) is 2.20. The molecule has 23 heavy (non-hydrogen) atoms. The summed E-state index contributed by atoms with van der Waals surface area (Å²) in [6, 6.07) is 6.65. The van der Waals surface area contributed by atoms with Crippen molar-refractivity contribution < 1.29 is 9.18 Å². The van der Waals surface area contributed by atoms with E-state index < -0.39 is 0 Å². The zero-order chi connectivity index (χ0) is 16.4. The third-order valence-electron chi connectivity index (χ3n) is 3.67. The summed E-state index contributed by atoms with van der Waals surface area (Å²) in [4.78, 5) is 14.1. The molecule has 2 aromatic rings. The number of aromatic nitrogens is 4. The highest BCUT2D eigenvalue weighted by atomic mass is 32.2. The third-order valence-corrected chi connectivity index (χ3v) is 4.71. The maximum absolute atomic E-state index is 13.2. The van der Waals surface area contributed by atoms with Crippen molar-refractivity contribution in [2.24, 2.45) is 0 Å². The van der Waals surface area contributed by atoms with Gasteiger partial charge in [0.1, 0.15) is 5.82 Å². The first kappa shape index (κ1) is 15.9. The summed E-state index contributed by atoms with van der Waals surface area (Å²) in [5, 5.41) is 12.0. The molecule has 1 saturated carbocycles. The molecule has 1 fully saturated rings. The Labute approximate surface area is 138 Å². The van der Waals surface area contributed by atoms with Crippen molar-refractivity contribution in [2.45, 2.75) is 42.8 Å². The summed E-state index contributed by atoms with van der Waals surface area (Å²) >= 11 is 1.36. The molecule has 6 nitrogen and oxygen atoms in total. The maximum atomic E-state index is 13.2. The number of hydrogen-bond acceptors (Lipinski definition) is 5. The lowest BCUT2D eigenvalue weighted by Gasteiger charge is -2.21. The Balaban J connectivity index is 1.61. The Hall–Kier alpha value is -1.96. The van der Waals surface area contributed by atoms with E-state index in [0.717, 1.165) is 18.4 Å². The highest BCUT2D eigenvalue weighted by Gasteiger charge is 2.30. The SMILES string of the molecule is C[C@H](Sc1nnnn1C1CC1)C(=O)N(C)Cc1cccc(F)c1. The number of tetrazole rings is 1. The van der Waals surface area contributed by atoms with Crippen molar-refractivity contribution in [1.29, 1.82) is 0 Å². The van der Waals surface area contributed by atoms with Gasteiger partial charge in [-0.2, -0.15) is 0 Å². The normalized spacial score (nSPS) is 15.4. The topological polar surface area (TPSA) is 63.9 Å². The highest BCUT2D eigenvalue weighted by molar-refractivity contribution is 8.00. The van der Waals surface area contributed by atoms with E-state index in [1.807, 2.05) is 6.92 Å². The molecule has 122 valence electrons. The zero-order valence-corrected chi connectivity index (χ0v) is 13.8. The lowest BCUT2D eigenvalue weighted by molar-refractivity contribution is -0.129. The fourth-order valence-electron chi connectivity index (χ4n) is 2.32. The molecule has 1 atom stereocenters. The molecule has 1 aromatic heterocycles. The minimum atomic E-state index is -0.308. The summed E-state index contributed by atoms with van der Waals surface area (Å²) in [5.74, 6) is -0.334. The molecule has 0 bridgehead atoms. The van der Waals surface area contributed by atoms with Gasteiger partial charge in [0.15, 0.2) is 0 Å². The van der Waals surface area contributed by atoms with Crippen molar-refractivity contribution in [2.75, 3.05) is 7.05 Å². The average Bonchev–Trinajstić information content (AvgIpc) is 3.26. The lowest BCUT2D eigenvalue weighted by atomic mass is 10.2. The van der Waals surface area contributed by atoms with Crippen LogP contribution < -0.4 is 0 Å². The fourth-order valence-corrected chi connectivity index (χ4v) is 3.29. The smallest absolute Gasteiger partial charge is 0.235 e. The first-order chi connectivity index (χ1) is 11.0. The molecule has 1 heterocycles. The Kier molecular flexibility index (Phi) is 4.61. The Morgan fingerprint density at radius 3 is 3.00 bits per heavy atom. The van der Waals surface area contributed by atoms with Crippen LogP contribution in [0.3, 0.4) is 0 Å². The van der Waals surface area contributed by atoms with E-state index in [0.29, 0.717) is 17.7 Å². The second kappa shape index (κ2) is 6.66. The number of amides is 1. The second-order valence-corrected chi connectivity index (χ2v) is 7.03. The van der Waals surface area contributed by atoms with Gasteiger partial charge in [-0.3, -0.25) is 4.79 Å². The van der Waals surface area contributed by atoms with E-state index in [2.05, 4.69) is 15.5 Å². The van der Waals surface area contributed by atoms with Gasteiger partial charge in [0.25, 0.3) is 0 Å². The number of carbonyl (C=O) groups excluding carboxylic acids is 1. The van der Waals surface area contributed by atoms with Crippen LogP contribution in [0.2, 0.25) is 0 Å². The van der Waals surface area contributed by atoms with E-state index in [1.54, 1.807) is 28.8 Å². The predicted octanol–water partition coefficient (Wildman–Crippen LogP) is 2.29. The highest BCUT2D eigenvalue weighted by Crippen LogP contribution is 2.37. The number of hydrogen-bond donors (Lipinski definition) is 0. The number of benzene rings is 1. The second-order valence-electron chi connectivity index (χ2n) is 5.72. The van der Waals surface area contributed by atoms with Gasteiger partial charge >= 0.3 is 0 Å². The molecule has 0 spiro atoms. The molecule has 1 aliphatic rings. The molecule has 1 aromatic carbocycles. The van der Waals surface area contributed by atoms with Crippen molar-refractivity contribution in [3.63, 3.8) is 0 Å². The molecule has 0 saturated heterocycles. The Bertz CT molecular complexity index is 703. The van der Waals surface area contributed by atoms with Crippen LogP contribution in [0, 0.1) is 5.82 Å². The molecular formula is C15H18FN5OS. The maximum Gasteiger partial charge on any atom is 0.235 e. The number of rotatable bonds is 6. The average molecular weight is 335 g/mol. The van der Waals surface area contributed by atoms with Crippen LogP contribution in [-0.2, 0) is 11.3 Å². The van der Waals surface area contributed by atoms with Gasteiger partial charge in [-0.05, 0) is 47.9 Å². The van der Waals surface area contributed by atoms with Crippen LogP contribution >= 0.6 is 11.8 Å². The monoisotopic (exact) mass is 335 g/mol. The zero-order valence-electron chi connectivity index (χ0n) is 13.0. The molecule has 8 heteroatoms. The summed E-state index contributed by atoms with van der Waals surface area (Å²) in [5.41, 5.74) is 0.765. The van der Waals surface area contributed by atoms with Crippen molar-refractivity contribution >= 4 is 17.7 Å². The molecule has 3 rings (SSSR count). The van der Waals surface area contributed by atoms with Crippen molar-refractivity contribution in [3.05, 3.63) is 35.6 Å². The van der Waals surface area contributed by atoms with Gasteiger partial charge in [0.2, 0.25) is 11.1 Å². The minimum absolute atomic E-state index is 0.0374. The van der Waals surface area contributed by atoms with E-state index in [9.17, 15) is 9.18 Å². The number of carbonyl (C=O) groups is 1. The molecular weight excluding hydrogens is 317 g/mol. The third kappa shape index (κ3) is 3.87. The minimum Gasteiger partial charge on any atom is -0.340 e. The summed E-state index contributed by atoms with van der Waals surface area (Å²) in [6.07, 6.45) is 2.17. The first-order valence-corrected chi connectivity index (χ1v) is 8.36. The predicted molar refractivity (Wildman–Crippen MR) is 84.3 cm³/mol. The fraction of sp³-hybridized carbons (Fsp3) is 0.467. The number of nitrogens with zero attached hydrogens (tertiary/aromatic N) is 5. The van der Waals surface area contributed by atoms with E-state index in [-0.39, 0.29) is 17.0 Å². The van der Waals surface area contributed by atoms with Gasteiger partial charge in [-0.15, -0.1) is 5.10 Å². The molecule has 0 radical (unpaired) electrons. The standard InChI is InChI=1S/C15H18FN5OS/c1-10(23-15-17-18-19-21(15)13-6-7-13)14(22)20(2)9-11-4-3-5-12(16)8-11/h3-5,8,10,13H,6-7,9H2,1-2H3/t10-/m0/s1. The van der Waals surface area contributed by atoms with Gasteiger partial charge in [-0.25, -0.2) is 9.07 Å². The Morgan fingerprint density at radius 1 is 1.52 bits per heavy atom. The van der Waals surface area contributed by atoms with Gasteiger partial charge in [0, 0.05) is 13.6 Å². The van der Waals surface area contributed by atoms with Gasteiger partial charge in [0.05, 0.1) is 11.3 Å². The van der Waals surface area contributed by atoms with Crippen LogP contribution in [0.5, 0.6) is 0 Å². The number of thioether (sulfide) groups is 1. The summed E-state index contributed by atoms with van der Waals surface area (Å²) < 4.78 is 15.0. The van der Waals surface area contributed by atoms with Crippen molar-refractivity contribution in [3.8, 4) is 0 Å². The largest absolute Gasteiger partial charge is 0.340 e. The molecule has 1 amide bonds. The first-order valence-electron chi connectivity index (χ1n) is 7.48. The van der Waals surface area contributed by atoms with E-state index in [4.69, 9.17) is 0 Å². The van der Waals surface area contributed by atoms with E-state index >= 15 is 0 Å². The number of halogens is 1. The van der Waals surface area contributed by atoms with Crippen LogP contribution in [0.25, 0.3) is 0 Å². The van der Waals surface area contributed by atoms with E-state index in [1.165, 1.54) is 23.9 Å². The Morgan fingerprint density at radius 2 is 2.30 bits per heavy atom. The molecule has 0 N–H and O–H groups in total. The molecule has 0 aliphatic heterocycles. The van der Waals surface area contributed by atoms with Crippen LogP contribution in [0.1, 0.15) is 31.4 Å². The van der Waals surface area contributed by atoms with Crippen LogP contribution in [0.4, 0.5) is 4.39 Å².